The Bertz CT molecular complexity index is 1030. The van der Waals surface area contributed by atoms with Crippen molar-refractivity contribution in [1.82, 2.24) is 14.4 Å². The number of benzene rings is 1. The van der Waals surface area contributed by atoms with Crippen LogP contribution in [0.2, 0.25) is 10.0 Å². The molecule has 6 nitrogen and oxygen atoms in total. The van der Waals surface area contributed by atoms with Crippen LogP contribution in [0.1, 0.15) is 38.5 Å². The Hall–Kier alpha value is -2.02. The van der Waals surface area contributed by atoms with Gasteiger partial charge in [0.1, 0.15) is 5.52 Å². The fourth-order valence-electron chi connectivity index (χ4n) is 4.99. The second-order valence-electron chi connectivity index (χ2n) is 8.11. The molecule has 3 heterocycles. The predicted octanol–water partition coefficient (Wildman–Crippen LogP) is 5.02. The normalized spacial score (nSPS) is 17.9. The molecule has 8 heteroatoms. The summed E-state index contributed by atoms with van der Waals surface area (Å²) in [6.07, 6.45) is 11.6. The van der Waals surface area contributed by atoms with E-state index in [4.69, 9.17) is 33.9 Å². The van der Waals surface area contributed by atoms with Gasteiger partial charge in [-0.05, 0) is 44.2 Å². The topological polar surface area (TPSA) is 85.5 Å². The average Bonchev–Trinajstić information content (AvgIpc) is 3.43. The summed E-state index contributed by atoms with van der Waals surface area (Å²) in [5.74, 6) is 1.34. The predicted molar refractivity (Wildman–Crippen MR) is 125 cm³/mol. The average molecular weight is 447 g/mol. The van der Waals surface area contributed by atoms with Crippen LogP contribution in [0.25, 0.3) is 16.8 Å². The lowest BCUT2D eigenvalue weighted by molar-refractivity contribution is 0.226. The van der Waals surface area contributed by atoms with Crippen LogP contribution in [0.3, 0.4) is 0 Å². The first-order valence-electron chi connectivity index (χ1n) is 10.5. The zero-order valence-corrected chi connectivity index (χ0v) is 18.8. The molecule has 2 aromatic heterocycles. The molecule has 0 unspecified atom stereocenters. The van der Waals surface area contributed by atoms with E-state index in [1.807, 2.05) is 22.7 Å². The molecule has 1 spiro atoms. The third kappa shape index (κ3) is 3.61. The molecule has 1 aromatic carbocycles. The van der Waals surface area contributed by atoms with E-state index in [1.165, 1.54) is 45.6 Å². The van der Waals surface area contributed by atoms with Crippen LogP contribution >= 0.6 is 23.2 Å². The van der Waals surface area contributed by atoms with Crippen molar-refractivity contribution in [2.24, 2.45) is 11.1 Å². The summed E-state index contributed by atoms with van der Waals surface area (Å²) in [7, 11) is 1.50. The Morgan fingerprint density at radius 3 is 2.43 bits per heavy atom. The number of imidazole rings is 1. The highest BCUT2D eigenvalue weighted by Crippen LogP contribution is 2.47. The highest BCUT2D eigenvalue weighted by Gasteiger charge is 2.37. The van der Waals surface area contributed by atoms with E-state index >= 15 is 0 Å². The summed E-state index contributed by atoms with van der Waals surface area (Å²) in [5.41, 5.74) is 13.9. The first-order valence-corrected chi connectivity index (χ1v) is 11.2. The minimum absolute atomic E-state index is 0.436. The molecule has 4 N–H and O–H groups in total. The molecule has 2 aliphatic rings. The zero-order valence-electron chi connectivity index (χ0n) is 17.2. The number of hydrogen-bond acceptors (Lipinski definition) is 5. The summed E-state index contributed by atoms with van der Waals surface area (Å²) in [5, 5.41) is 0.968. The summed E-state index contributed by atoms with van der Waals surface area (Å²) in [4.78, 5) is 11.5. The van der Waals surface area contributed by atoms with Gasteiger partial charge in [-0.3, -0.25) is 4.40 Å². The smallest absolute Gasteiger partial charge is 0.157 e. The third-order valence-corrected chi connectivity index (χ3v) is 7.39. The van der Waals surface area contributed by atoms with Crippen LogP contribution in [-0.2, 0) is 0 Å². The van der Waals surface area contributed by atoms with Gasteiger partial charge < -0.3 is 16.4 Å². The van der Waals surface area contributed by atoms with Gasteiger partial charge in [-0.2, -0.15) is 0 Å². The van der Waals surface area contributed by atoms with Gasteiger partial charge in [-0.25, -0.2) is 9.97 Å². The Balaban J connectivity index is 0.00000106. The maximum atomic E-state index is 6.47. The van der Waals surface area contributed by atoms with Crippen LogP contribution in [0.5, 0.6) is 0 Å². The van der Waals surface area contributed by atoms with E-state index in [0.29, 0.717) is 21.3 Å². The summed E-state index contributed by atoms with van der Waals surface area (Å²) in [6.45, 7) is 2.04. The number of rotatable bonds is 2. The number of nitrogens with two attached hydrogens (primary N) is 2. The van der Waals surface area contributed by atoms with E-state index in [1.54, 1.807) is 12.4 Å². The van der Waals surface area contributed by atoms with Gasteiger partial charge >= 0.3 is 0 Å². The van der Waals surface area contributed by atoms with Crippen LogP contribution in [0.15, 0.2) is 30.7 Å². The second kappa shape index (κ2) is 8.61. The van der Waals surface area contributed by atoms with Crippen molar-refractivity contribution < 1.29 is 0 Å². The van der Waals surface area contributed by atoms with Gasteiger partial charge in [0, 0.05) is 18.7 Å². The van der Waals surface area contributed by atoms with Crippen LogP contribution in [0.4, 0.5) is 11.6 Å². The van der Waals surface area contributed by atoms with Gasteiger partial charge in [0.15, 0.2) is 11.6 Å². The van der Waals surface area contributed by atoms with Crippen LogP contribution in [-0.4, -0.2) is 34.5 Å². The summed E-state index contributed by atoms with van der Waals surface area (Å²) < 4.78 is 1.98. The first-order chi connectivity index (χ1) is 14.6. The number of anilines is 2. The summed E-state index contributed by atoms with van der Waals surface area (Å²) in [6, 6.07) is 5.54. The number of nitrogens with zero attached hydrogens (tertiary/aromatic N) is 4. The molecule has 1 saturated carbocycles. The molecule has 1 aliphatic carbocycles. The first kappa shape index (κ1) is 21.2. The van der Waals surface area contributed by atoms with Gasteiger partial charge in [0.25, 0.3) is 0 Å². The maximum Gasteiger partial charge on any atom is 0.157 e. The molecule has 1 saturated heterocycles. The number of nitrogen functional groups attached to an aromatic ring is 1. The quantitative estimate of drug-likeness (QED) is 0.576. The van der Waals surface area contributed by atoms with E-state index in [0.717, 1.165) is 35.7 Å². The SMILES string of the molecule is CN.Nc1nc(N2CCC3(CCCC3)CC2)c2cncn2c1-c1cccc(Cl)c1Cl. The van der Waals surface area contributed by atoms with Crippen molar-refractivity contribution in [3.63, 3.8) is 0 Å². The minimum atomic E-state index is 0.436. The standard InChI is InChI=1S/C21H23Cl2N5.CH5N/c22-15-5-3-4-14(17(15)23)18-19(24)26-20(16-12-25-13-28(16)18)27-10-8-21(9-11-27)6-1-2-7-21;1-2/h3-5,12-13H,1-2,6-11,24H2;2H2,1H3. The number of halogens is 2. The molecule has 0 amide bonds. The Labute approximate surface area is 187 Å². The monoisotopic (exact) mass is 446 g/mol. The van der Waals surface area contributed by atoms with Crippen LogP contribution < -0.4 is 16.4 Å². The van der Waals surface area contributed by atoms with Crippen molar-refractivity contribution in [3.05, 3.63) is 40.8 Å². The molecule has 2 fully saturated rings. The zero-order chi connectivity index (χ0) is 21.3. The molecule has 0 bridgehead atoms. The number of piperidine rings is 1. The highest BCUT2D eigenvalue weighted by molar-refractivity contribution is 6.43. The van der Waals surface area contributed by atoms with Crippen molar-refractivity contribution in [3.8, 4) is 11.3 Å². The molecule has 160 valence electrons. The molecule has 1 aliphatic heterocycles. The van der Waals surface area contributed by atoms with Gasteiger partial charge in [-0.15, -0.1) is 0 Å². The Kier molecular flexibility index (Phi) is 6.09. The van der Waals surface area contributed by atoms with E-state index in [-0.39, 0.29) is 0 Å². The lowest BCUT2D eigenvalue weighted by Gasteiger charge is -2.40. The highest BCUT2D eigenvalue weighted by atomic mass is 35.5. The molecule has 5 rings (SSSR count). The lowest BCUT2D eigenvalue weighted by atomic mass is 9.77. The summed E-state index contributed by atoms with van der Waals surface area (Å²) >= 11 is 12.7. The fourth-order valence-corrected chi connectivity index (χ4v) is 5.38. The van der Waals surface area contributed by atoms with E-state index in [2.05, 4.69) is 15.6 Å². The van der Waals surface area contributed by atoms with Crippen molar-refractivity contribution in [2.75, 3.05) is 30.8 Å². The number of aromatic nitrogens is 3. The van der Waals surface area contributed by atoms with Gasteiger partial charge in [-0.1, -0.05) is 48.2 Å². The van der Waals surface area contributed by atoms with Gasteiger partial charge in [0.2, 0.25) is 0 Å². The van der Waals surface area contributed by atoms with Crippen molar-refractivity contribution in [2.45, 2.75) is 38.5 Å². The number of hydrogen-bond donors (Lipinski definition) is 2. The fraction of sp³-hybridized carbons (Fsp3) is 0.455. The van der Waals surface area contributed by atoms with Crippen molar-refractivity contribution in [1.29, 1.82) is 0 Å². The third-order valence-electron chi connectivity index (χ3n) is 6.57. The lowest BCUT2D eigenvalue weighted by Crippen LogP contribution is -2.39. The molecule has 0 radical (unpaired) electrons. The molecular formula is C22H28Cl2N6. The van der Waals surface area contributed by atoms with E-state index in [9.17, 15) is 0 Å². The van der Waals surface area contributed by atoms with Crippen LogP contribution in [0, 0.1) is 5.41 Å². The molecule has 3 aromatic rings. The largest absolute Gasteiger partial charge is 0.382 e. The van der Waals surface area contributed by atoms with E-state index < -0.39 is 0 Å². The van der Waals surface area contributed by atoms with Crippen molar-refractivity contribution >= 4 is 40.4 Å². The minimum Gasteiger partial charge on any atom is -0.382 e. The molecular weight excluding hydrogens is 419 g/mol. The maximum absolute atomic E-state index is 6.47. The molecule has 30 heavy (non-hydrogen) atoms. The molecule has 0 atom stereocenters. The number of fused-ring (bicyclic) bond motifs is 1. The Morgan fingerprint density at radius 2 is 1.73 bits per heavy atom. The second-order valence-corrected chi connectivity index (χ2v) is 8.90. The Morgan fingerprint density at radius 1 is 1.03 bits per heavy atom. The van der Waals surface area contributed by atoms with Gasteiger partial charge in [0.05, 0.1) is 28.3 Å².